The Bertz CT molecular complexity index is 2630. The lowest BCUT2D eigenvalue weighted by Crippen LogP contribution is -2.09. The van der Waals surface area contributed by atoms with Crippen LogP contribution in [0.1, 0.15) is 74.0 Å². The molecule has 0 saturated heterocycles. The Morgan fingerprint density at radius 3 is 1.49 bits per heavy atom. The number of carbonyl (C=O) groups is 2. The van der Waals surface area contributed by atoms with E-state index in [9.17, 15) is 9.59 Å². The molecule has 0 amide bonds. The van der Waals surface area contributed by atoms with Gasteiger partial charge in [0.25, 0.3) is 0 Å². The summed E-state index contributed by atoms with van der Waals surface area (Å²) in [5.74, 6) is 9.30. The minimum Gasteiger partial charge on any atom is -0.299 e. The van der Waals surface area contributed by atoms with Gasteiger partial charge in [0.05, 0.1) is 22.8 Å². The number of hydrogen-bond donors (Lipinski definition) is 0. The quantitative estimate of drug-likeness (QED) is 0.163. The third kappa shape index (κ3) is 11.0. The average Bonchev–Trinajstić information content (AvgIpc) is 3.48. The Labute approximate surface area is 343 Å². The highest BCUT2D eigenvalue weighted by Gasteiger charge is 2.20. The summed E-state index contributed by atoms with van der Waals surface area (Å²) >= 11 is 3.25. The SMILES string of the molecule is Brc1cccnc1.C#Cc1cccc(C2=Nc3cc(C)c(C)cc3CC(=O)C2)c1.Cc1cc2c(cc1C)N=C(c1cccc(C#Cc3cccnc3)c1)CC(=O)C2. The van der Waals surface area contributed by atoms with Crippen molar-refractivity contribution in [3.8, 4) is 24.2 Å². The maximum Gasteiger partial charge on any atom is 0.143 e. The van der Waals surface area contributed by atoms with Crippen LogP contribution in [0.15, 0.2) is 136 Å². The molecule has 0 fully saturated rings. The summed E-state index contributed by atoms with van der Waals surface area (Å²) < 4.78 is 1.02. The molecule has 4 heterocycles. The van der Waals surface area contributed by atoms with Crippen LogP contribution in [-0.4, -0.2) is 33.0 Å². The van der Waals surface area contributed by atoms with Gasteiger partial charge in [0.2, 0.25) is 0 Å². The van der Waals surface area contributed by atoms with Gasteiger partial charge >= 0.3 is 0 Å². The van der Waals surface area contributed by atoms with Crippen molar-refractivity contribution in [2.24, 2.45) is 9.98 Å². The van der Waals surface area contributed by atoms with Crippen molar-refractivity contribution in [1.29, 1.82) is 0 Å². The highest BCUT2D eigenvalue weighted by atomic mass is 79.9. The summed E-state index contributed by atoms with van der Waals surface area (Å²) in [6.45, 7) is 8.27. The van der Waals surface area contributed by atoms with Gasteiger partial charge in [0, 0.05) is 71.6 Å². The van der Waals surface area contributed by atoms with Crippen LogP contribution in [0, 0.1) is 51.9 Å². The van der Waals surface area contributed by atoms with Crippen LogP contribution in [0.3, 0.4) is 0 Å². The first-order valence-corrected chi connectivity index (χ1v) is 19.4. The third-order valence-electron chi connectivity index (χ3n) is 9.60. The van der Waals surface area contributed by atoms with Crippen molar-refractivity contribution in [3.05, 3.63) is 188 Å². The molecule has 0 radical (unpaired) electrons. The van der Waals surface area contributed by atoms with Crippen LogP contribution in [0.2, 0.25) is 0 Å². The van der Waals surface area contributed by atoms with Crippen molar-refractivity contribution in [1.82, 2.24) is 9.97 Å². The molecule has 57 heavy (non-hydrogen) atoms. The molecule has 6 nitrogen and oxygen atoms in total. The number of fused-ring (bicyclic) bond motifs is 2. The van der Waals surface area contributed by atoms with Crippen LogP contribution in [0.5, 0.6) is 0 Å². The molecular formula is C50H41BrN4O2. The van der Waals surface area contributed by atoms with E-state index in [1.54, 1.807) is 24.8 Å². The predicted octanol–water partition coefficient (Wildman–Crippen LogP) is 10.5. The summed E-state index contributed by atoms with van der Waals surface area (Å²) in [7, 11) is 0. The normalized spacial score (nSPS) is 12.8. The highest BCUT2D eigenvalue weighted by Crippen LogP contribution is 2.30. The van der Waals surface area contributed by atoms with E-state index < -0.39 is 0 Å². The number of hydrogen-bond acceptors (Lipinski definition) is 6. The van der Waals surface area contributed by atoms with Gasteiger partial charge in [-0.3, -0.25) is 29.5 Å². The summed E-state index contributed by atoms with van der Waals surface area (Å²) in [5.41, 5.74) is 14.6. The lowest BCUT2D eigenvalue weighted by atomic mass is 9.99. The van der Waals surface area contributed by atoms with E-state index in [1.165, 1.54) is 22.3 Å². The number of ketones is 2. The number of Topliss-reactive ketones (excluding diaryl/α,β-unsaturated/α-hetero) is 2. The van der Waals surface area contributed by atoms with Crippen LogP contribution in [-0.2, 0) is 22.4 Å². The molecule has 0 spiro atoms. The van der Waals surface area contributed by atoms with Crippen LogP contribution in [0.25, 0.3) is 0 Å². The van der Waals surface area contributed by atoms with Crippen LogP contribution in [0.4, 0.5) is 11.4 Å². The standard InChI is InChI=1S/C25H20N2O.C20H17NO.C5H4BrN/c1-17-11-22-14-23(28)15-25(27-24(22)12-18(17)2)21-7-3-5-19(13-21)8-9-20-6-4-10-26-16-20;1-4-15-6-5-7-16(10-15)20-12-18(22)11-17-8-13(2)14(3)9-19(17)21-20;6-5-2-1-3-7-4-5/h3-7,10-13,16H,14-15H2,1-2H3;1,5-10H,11-12H2,2-3H3;1-4H. The van der Waals surface area contributed by atoms with Gasteiger partial charge in [-0.1, -0.05) is 54.2 Å². The zero-order valence-corrected chi connectivity index (χ0v) is 34.0. The van der Waals surface area contributed by atoms with Crippen molar-refractivity contribution < 1.29 is 9.59 Å². The van der Waals surface area contributed by atoms with Gasteiger partial charge in [0.1, 0.15) is 11.6 Å². The number of benzene rings is 4. The third-order valence-corrected chi connectivity index (χ3v) is 10.1. The molecule has 2 aromatic heterocycles. The number of pyridine rings is 2. The van der Waals surface area contributed by atoms with E-state index in [0.29, 0.717) is 25.7 Å². The lowest BCUT2D eigenvalue weighted by Gasteiger charge is -2.07. The zero-order valence-electron chi connectivity index (χ0n) is 32.4. The number of halogens is 1. The number of nitrogens with zero attached hydrogens (tertiary/aromatic N) is 4. The Balaban J connectivity index is 0.000000168. The van der Waals surface area contributed by atoms with E-state index in [4.69, 9.17) is 16.4 Å². The first-order chi connectivity index (χ1) is 27.5. The van der Waals surface area contributed by atoms with Crippen LogP contribution < -0.4 is 0 Å². The average molecular weight is 810 g/mol. The maximum absolute atomic E-state index is 12.5. The summed E-state index contributed by atoms with van der Waals surface area (Å²) in [6.07, 6.45) is 14.0. The van der Waals surface area contributed by atoms with Crippen molar-refractivity contribution >= 4 is 50.3 Å². The van der Waals surface area contributed by atoms with E-state index in [-0.39, 0.29) is 11.6 Å². The number of aliphatic imine (C=N–C) groups is 2. The first kappa shape index (κ1) is 40.1. The zero-order chi connectivity index (χ0) is 40.3. The molecule has 7 heteroatoms. The second kappa shape index (κ2) is 18.9. The molecular weight excluding hydrogens is 768 g/mol. The summed E-state index contributed by atoms with van der Waals surface area (Å²) in [5, 5.41) is 0. The fourth-order valence-electron chi connectivity index (χ4n) is 6.33. The molecule has 2 aliphatic heterocycles. The summed E-state index contributed by atoms with van der Waals surface area (Å²) in [4.78, 5) is 42.3. The Morgan fingerprint density at radius 2 is 1.02 bits per heavy atom. The number of carbonyl (C=O) groups excluding carboxylic acids is 2. The minimum absolute atomic E-state index is 0.187. The molecule has 4 aromatic carbocycles. The largest absolute Gasteiger partial charge is 0.299 e. The number of aromatic nitrogens is 2. The molecule has 280 valence electrons. The summed E-state index contributed by atoms with van der Waals surface area (Å²) in [6, 6.07) is 31.5. The van der Waals surface area contributed by atoms with Gasteiger partial charge in [-0.15, -0.1) is 6.42 Å². The fraction of sp³-hybridized carbons (Fsp3) is 0.160. The smallest absolute Gasteiger partial charge is 0.143 e. The van der Waals surface area contributed by atoms with E-state index in [1.807, 2.05) is 72.8 Å². The second-order valence-corrected chi connectivity index (χ2v) is 14.9. The van der Waals surface area contributed by atoms with Crippen molar-refractivity contribution in [2.75, 3.05) is 0 Å². The van der Waals surface area contributed by atoms with Gasteiger partial charge in [-0.2, -0.15) is 0 Å². The number of aryl methyl sites for hydroxylation is 4. The van der Waals surface area contributed by atoms with Crippen LogP contribution >= 0.6 is 15.9 Å². The number of rotatable bonds is 2. The van der Waals surface area contributed by atoms with E-state index in [2.05, 4.69) is 95.6 Å². The Morgan fingerprint density at radius 1 is 0.544 bits per heavy atom. The first-order valence-electron chi connectivity index (χ1n) is 18.6. The van der Waals surface area contributed by atoms with Crippen molar-refractivity contribution in [3.63, 3.8) is 0 Å². The van der Waals surface area contributed by atoms with Gasteiger partial charge in [0.15, 0.2) is 0 Å². The molecule has 0 saturated carbocycles. The Hall–Kier alpha value is -6.54. The molecule has 0 N–H and O–H groups in total. The Kier molecular flexibility index (Phi) is 13.3. The molecule has 2 aliphatic rings. The minimum atomic E-state index is 0.187. The van der Waals surface area contributed by atoms with Gasteiger partial charge in [-0.05, 0) is 149 Å². The molecule has 0 atom stereocenters. The lowest BCUT2D eigenvalue weighted by molar-refractivity contribution is -0.118. The van der Waals surface area contributed by atoms with E-state index >= 15 is 0 Å². The van der Waals surface area contributed by atoms with Crippen molar-refractivity contribution in [2.45, 2.75) is 53.4 Å². The molecule has 0 unspecified atom stereocenters. The van der Waals surface area contributed by atoms with Gasteiger partial charge in [-0.25, -0.2) is 0 Å². The fourth-order valence-corrected chi connectivity index (χ4v) is 6.60. The van der Waals surface area contributed by atoms with Gasteiger partial charge < -0.3 is 0 Å². The molecule has 0 bridgehead atoms. The maximum atomic E-state index is 12.5. The number of terminal acetylenes is 1. The second-order valence-electron chi connectivity index (χ2n) is 14.0. The molecule has 6 aromatic rings. The van der Waals surface area contributed by atoms with E-state index in [0.717, 1.165) is 66.2 Å². The monoisotopic (exact) mass is 808 g/mol. The predicted molar refractivity (Wildman–Crippen MR) is 234 cm³/mol. The molecule has 8 rings (SSSR count). The highest BCUT2D eigenvalue weighted by molar-refractivity contribution is 9.10. The topological polar surface area (TPSA) is 84.6 Å². The molecule has 0 aliphatic carbocycles.